The van der Waals surface area contributed by atoms with Crippen molar-refractivity contribution in [3.8, 4) is 0 Å². The van der Waals surface area contributed by atoms with Crippen LogP contribution >= 0.6 is 0 Å². The lowest BCUT2D eigenvalue weighted by molar-refractivity contribution is 0.0187. The monoisotopic (exact) mass is 241 g/mol. The van der Waals surface area contributed by atoms with E-state index in [0.29, 0.717) is 30.6 Å². The van der Waals surface area contributed by atoms with Crippen molar-refractivity contribution in [2.45, 2.75) is 57.7 Å². The van der Waals surface area contributed by atoms with Crippen LogP contribution in [0.4, 0.5) is 0 Å². The van der Waals surface area contributed by atoms with Gasteiger partial charge in [-0.1, -0.05) is 6.42 Å². The van der Waals surface area contributed by atoms with Gasteiger partial charge in [-0.25, -0.2) is 10.4 Å². The zero-order chi connectivity index (χ0) is 12.3. The third kappa shape index (κ3) is 3.19. The minimum absolute atomic E-state index is 0.375. The average Bonchev–Trinajstić information content (AvgIpc) is 2.82. The molecule has 2 saturated heterocycles. The van der Waals surface area contributed by atoms with E-state index >= 15 is 0 Å². The number of hydrogen-bond donors (Lipinski definition) is 2. The first-order chi connectivity index (χ1) is 8.22. The summed E-state index contributed by atoms with van der Waals surface area (Å²) in [5, 5.41) is 2.43. The predicted octanol–water partition coefficient (Wildman–Crippen LogP) is 1.12. The van der Waals surface area contributed by atoms with Gasteiger partial charge in [-0.05, 0) is 33.1 Å². The normalized spacial score (nSPS) is 37.2. The van der Waals surface area contributed by atoms with Gasteiger partial charge < -0.3 is 10.5 Å². The molecule has 0 aliphatic carbocycles. The van der Waals surface area contributed by atoms with Crippen LogP contribution in [-0.4, -0.2) is 42.9 Å². The van der Waals surface area contributed by atoms with Gasteiger partial charge in [-0.15, -0.1) is 0 Å². The van der Waals surface area contributed by atoms with Crippen molar-refractivity contribution in [2.75, 3.05) is 19.8 Å². The first kappa shape index (κ1) is 13.3. The standard InChI is InChI=1S/C13H27N3O/c1-10-4-3-5-11(2)16(10)15-13(8-14)12-6-7-17-9-12/h10-13,15H,3-9,14H2,1-2H3. The highest BCUT2D eigenvalue weighted by Crippen LogP contribution is 2.23. The van der Waals surface area contributed by atoms with Gasteiger partial charge in [0, 0.05) is 37.2 Å². The fraction of sp³-hybridized carbons (Fsp3) is 1.00. The molecule has 0 radical (unpaired) electrons. The van der Waals surface area contributed by atoms with Gasteiger partial charge in [-0.3, -0.25) is 0 Å². The summed E-state index contributed by atoms with van der Waals surface area (Å²) < 4.78 is 5.47. The van der Waals surface area contributed by atoms with E-state index in [4.69, 9.17) is 10.5 Å². The Bertz CT molecular complexity index is 221. The summed E-state index contributed by atoms with van der Waals surface area (Å²) >= 11 is 0. The minimum Gasteiger partial charge on any atom is -0.381 e. The largest absolute Gasteiger partial charge is 0.381 e. The Balaban J connectivity index is 1.91. The minimum atomic E-state index is 0.375. The first-order valence-electron chi connectivity index (χ1n) is 7.04. The molecule has 0 saturated carbocycles. The summed E-state index contributed by atoms with van der Waals surface area (Å²) in [7, 11) is 0. The van der Waals surface area contributed by atoms with Crippen LogP contribution in [0.3, 0.4) is 0 Å². The van der Waals surface area contributed by atoms with E-state index < -0.39 is 0 Å². The molecule has 4 atom stereocenters. The Morgan fingerprint density at radius 1 is 1.29 bits per heavy atom. The second-order valence-electron chi connectivity index (χ2n) is 5.63. The number of hydrazine groups is 1. The van der Waals surface area contributed by atoms with Crippen molar-refractivity contribution >= 4 is 0 Å². The summed E-state index contributed by atoms with van der Waals surface area (Å²) in [6.45, 7) is 7.08. The number of piperidine rings is 1. The number of nitrogens with zero attached hydrogens (tertiary/aromatic N) is 1. The Kier molecular flexibility index (Phi) is 4.79. The second-order valence-corrected chi connectivity index (χ2v) is 5.63. The number of nitrogens with one attached hydrogen (secondary N) is 1. The van der Waals surface area contributed by atoms with Gasteiger partial charge in [0.05, 0.1) is 6.61 Å². The van der Waals surface area contributed by atoms with Gasteiger partial charge in [0.2, 0.25) is 0 Å². The van der Waals surface area contributed by atoms with Crippen LogP contribution in [0.15, 0.2) is 0 Å². The summed E-state index contributed by atoms with van der Waals surface area (Å²) in [6.07, 6.45) is 5.07. The molecule has 4 nitrogen and oxygen atoms in total. The highest BCUT2D eigenvalue weighted by atomic mass is 16.5. The summed E-state index contributed by atoms with van der Waals surface area (Å²) in [4.78, 5) is 0. The third-order valence-corrected chi connectivity index (χ3v) is 4.30. The molecular weight excluding hydrogens is 214 g/mol. The lowest BCUT2D eigenvalue weighted by atomic mass is 9.97. The summed E-state index contributed by atoms with van der Waals surface area (Å²) in [5.74, 6) is 0.585. The maximum atomic E-state index is 5.92. The smallest absolute Gasteiger partial charge is 0.0511 e. The van der Waals surface area contributed by atoms with Crippen molar-refractivity contribution < 1.29 is 4.74 Å². The summed E-state index contributed by atoms with van der Waals surface area (Å²) in [6, 6.07) is 1.62. The predicted molar refractivity (Wildman–Crippen MR) is 69.5 cm³/mol. The molecule has 17 heavy (non-hydrogen) atoms. The topological polar surface area (TPSA) is 50.5 Å². The van der Waals surface area contributed by atoms with Crippen molar-refractivity contribution in [2.24, 2.45) is 11.7 Å². The highest BCUT2D eigenvalue weighted by Gasteiger charge is 2.30. The fourth-order valence-electron chi connectivity index (χ4n) is 3.09. The lowest BCUT2D eigenvalue weighted by Crippen LogP contribution is -2.58. The SMILES string of the molecule is CC1CCCC(C)N1NC(CN)C1CCOC1. The number of ether oxygens (including phenoxy) is 1. The number of hydrogen-bond acceptors (Lipinski definition) is 4. The van der Waals surface area contributed by atoms with E-state index in [1.807, 2.05) is 0 Å². The molecule has 0 bridgehead atoms. The van der Waals surface area contributed by atoms with Gasteiger partial charge in [0.15, 0.2) is 0 Å². The number of nitrogens with two attached hydrogens (primary N) is 1. The van der Waals surface area contributed by atoms with Crippen molar-refractivity contribution in [1.29, 1.82) is 0 Å². The molecule has 4 heteroatoms. The molecule has 0 aromatic rings. The molecular formula is C13H27N3O. The Morgan fingerprint density at radius 3 is 2.53 bits per heavy atom. The Labute approximate surface area is 105 Å². The van der Waals surface area contributed by atoms with Crippen LogP contribution in [0.2, 0.25) is 0 Å². The third-order valence-electron chi connectivity index (χ3n) is 4.30. The zero-order valence-corrected chi connectivity index (χ0v) is 11.2. The lowest BCUT2D eigenvalue weighted by Gasteiger charge is -2.42. The molecule has 100 valence electrons. The van der Waals surface area contributed by atoms with Crippen LogP contribution < -0.4 is 11.2 Å². The average molecular weight is 241 g/mol. The van der Waals surface area contributed by atoms with Gasteiger partial charge in [0.1, 0.15) is 0 Å². The van der Waals surface area contributed by atoms with Crippen LogP contribution in [0, 0.1) is 5.92 Å². The molecule has 2 aliphatic rings. The van der Waals surface area contributed by atoms with Crippen molar-refractivity contribution in [1.82, 2.24) is 10.4 Å². The quantitative estimate of drug-likeness (QED) is 0.774. The second kappa shape index (κ2) is 6.14. The van der Waals surface area contributed by atoms with Crippen molar-refractivity contribution in [3.05, 3.63) is 0 Å². The molecule has 2 aliphatic heterocycles. The van der Waals surface area contributed by atoms with E-state index in [1.165, 1.54) is 19.3 Å². The van der Waals surface area contributed by atoms with Crippen LogP contribution in [-0.2, 0) is 4.74 Å². The Hall–Kier alpha value is -0.160. The fourth-order valence-corrected chi connectivity index (χ4v) is 3.09. The molecule has 4 unspecified atom stereocenters. The number of rotatable bonds is 4. The molecule has 0 aromatic heterocycles. The van der Waals surface area contributed by atoms with E-state index in [1.54, 1.807) is 0 Å². The van der Waals surface area contributed by atoms with E-state index in [9.17, 15) is 0 Å². The van der Waals surface area contributed by atoms with Crippen molar-refractivity contribution in [3.63, 3.8) is 0 Å². The van der Waals surface area contributed by atoms with Gasteiger partial charge in [0.25, 0.3) is 0 Å². The molecule has 0 aromatic carbocycles. The molecule has 2 heterocycles. The molecule has 2 fully saturated rings. The van der Waals surface area contributed by atoms with E-state index in [-0.39, 0.29) is 0 Å². The van der Waals surface area contributed by atoms with Gasteiger partial charge >= 0.3 is 0 Å². The maximum Gasteiger partial charge on any atom is 0.0511 e. The molecule has 0 spiro atoms. The maximum absolute atomic E-state index is 5.92. The van der Waals surface area contributed by atoms with Crippen LogP contribution in [0.5, 0.6) is 0 Å². The first-order valence-corrected chi connectivity index (χ1v) is 7.04. The van der Waals surface area contributed by atoms with Crippen LogP contribution in [0.25, 0.3) is 0 Å². The Morgan fingerprint density at radius 2 is 2.00 bits per heavy atom. The zero-order valence-electron chi connectivity index (χ0n) is 11.2. The molecule has 0 amide bonds. The van der Waals surface area contributed by atoms with Crippen LogP contribution in [0.1, 0.15) is 39.5 Å². The molecule has 3 N–H and O–H groups in total. The summed E-state index contributed by atoms with van der Waals surface area (Å²) in [5.41, 5.74) is 9.59. The highest BCUT2D eigenvalue weighted by molar-refractivity contribution is 4.84. The molecule has 2 rings (SSSR count). The van der Waals surface area contributed by atoms with Gasteiger partial charge in [-0.2, -0.15) is 0 Å². The van der Waals surface area contributed by atoms with E-state index in [0.717, 1.165) is 19.6 Å². The van der Waals surface area contributed by atoms with E-state index in [2.05, 4.69) is 24.3 Å².